The van der Waals surface area contributed by atoms with Gasteiger partial charge in [0.05, 0.1) is 11.2 Å². The molecule has 1 unspecified atom stereocenters. The van der Waals surface area contributed by atoms with Crippen molar-refractivity contribution in [1.29, 1.82) is 0 Å². The van der Waals surface area contributed by atoms with Crippen LogP contribution in [0.2, 0.25) is 0 Å². The molecule has 3 heterocycles. The highest BCUT2D eigenvalue weighted by atomic mass is 16.2. The van der Waals surface area contributed by atoms with E-state index in [0.29, 0.717) is 24.3 Å². The summed E-state index contributed by atoms with van der Waals surface area (Å²) in [4.78, 5) is 35.0. The maximum Gasteiger partial charge on any atom is 0.272 e. The van der Waals surface area contributed by atoms with E-state index in [1.165, 1.54) is 5.56 Å². The van der Waals surface area contributed by atoms with Gasteiger partial charge in [0.25, 0.3) is 11.8 Å². The van der Waals surface area contributed by atoms with Crippen LogP contribution in [0.4, 0.5) is 0 Å². The molecule has 0 N–H and O–H groups in total. The average Bonchev–Trinajstić information content (AvgIpc) is 3.28. The van der Waals surface area contributed by atoms with Crippen molar-refractivity contribution in [1.82, 2.24) is 24.6 Å². The third-order valence-electron chi connectivity index (χ3n) is 7.55. The maximum absolute atomic E-state index is 13.5. The molecule has 0 radical (unpaired) electrons. The molecule has 2 aromatic carbocycles. The number of aryl methyl sites for hydroxylation is 2. The topological polar surface area (TPSA) is 71.3 Å². The largest absolute Gasteiger partial charge is 0.339 e. The summed E-state index contributed by atoms with van der Waals surface area (Å²) in [6, 6.07) is 21.8. The Balaban J connectivity index is 1.32. The van der Waals surface area contributed by atoms with Crippen LogP contribution in [-0.2, 0) is 13.5 Å². The van der Waals surface area contributed by atoms with Gasteiger partial charge in [0.1, 0.15) is 5.69 Å². The van der Waals surface area contributed by atoms with E-state index in [2.05, 4.69) is 22.2 Å². The number of hydrogen-bond acceptors (Lipinski definition) is 4. The number of amides is 2. The van der Waals surface area contributed by atoms with Crippen molar-refractivity contribution in [3.63, 3.8) is 0 Å². The standard InChI is InChI=1S/C30H33N5O2/c1-21-18-28(34(3)32-21)30(37)33(2)27(19-22-8-5-4-6-9-22)23-13-16-35(17-14-23)29(36)25-11-12-26-24(20-25)10-7-15-31-26/h4-12,15,18,20,23,27H,13-14,16-17,19H2,1-3H3. The van der Waals surface area contributed by atoms with E-state index in [0.717, 1.165) is 35.9 Å². The first-order valence-corrected chi connectivity index (χ1v) is 12.9. The number of aromatic nitrogens is 3. The van der Waals surface area contributed by atoms with E-state index in [9.17, 15) is 9.59 Å². The Morgan fingerprint density at radius 3 is 2.49 bits per heavy atom. The molecule has 1 aliphatic heterocycles. The molecule has 0 aliphatic carbocycles. The molecule has 0 bridgehead atoms. The van der Waals surface area contributed by atoms with Gasteiger partial charge in [0.2, 0.25) is 0 Å². The number of carbonyl (C=O) groups excluding carboxylic acids is 2. The summed E-state index contributed by atoms with van der Waals surface area (Å²) in [5.41, 5.74) is 4.21. The Labute approximate surface area is 217 Å². The van der Waals surface area contributed by atoms with Crippen LogP contribution in [0.1, 0.15) is 44.9 Å². The molecule has 0 saturated carbocycles. The van der Waals surface area contributed by atoms with E-state index in [1.807, 2.05) is 85.4 Å². The number of likely N-dealkylation sites (tertiary alicyclic amines) is 1. The molecule has 5 rings (SSSR count). The first-order valence-electron chi connectivity index (χ1n) is 12.9. The van der Waals surface area contributed by atoms with E-state index in [-0.39, 0.29) is 23.8 Å². The third kappa shape index (κ3) is 5.26. The summed E-state index contributed by atoms with van der Waals surface area (Å²) >= 11 is 0. The lowest BCUT2D eigenvalue weighted by atomic mass is 9.84. The Morgan fingerprint density at radius 1 is 1.03 bits per heavy atom. The zero-order valence-electron chi connectivity index (χ0n) is 21.7. The predicted octanol–water partition coefficient (Wildman–Crippen LogP) is 4.51. The molecule has 1 aliphatic rings. The number of piperidine rings is 1. The van der Waals surface area contributed by atoms with Crippen LogP contribution in [0.25, 0.3) is 10.9 Å². The first kappa shape index (κ1) is 24.7. The summed E-state index contributed by atoms with van der Waals surface area (Å²) in [6.45, 7) is 3.25. The van der Waals surface area contributed by atoms with Crippen molar-refractivity contribution < 1.29 is 9.59 Å². The van der Waals surface area contributed by atoms with Crippen molar-refractivity contribution in [2.45, 2.75) is 32.2 Å². The van der Waals surface area contributed by atoms with Crippen LogP contribution in [0.15, 0.2) is 72.9 Å². The second-order valence-corrected chi connectivity index (χ2v) is 10.0. The second kappa shape index (κ2) is 10.5. The molecule has 2 amide bonds. The average molecular weight is 496 g/mol. The maximum atomic E-state index is 13.5. The molecule has 190 valence electrons. The van der Waals surface area contributed by atoms with Gasteiger partial charge in [-0.05, 0) is 68.0 Å². The number of fused-ring (bicyclic) bond motifs is 1. The number of pyridine rings is 1. The smallest absolute Gasteiger partial charge is 0.272 e. The lowest BCUT2D eigenvalue weighted by Gasteiger charge is -2.40. The van der Waals surface area contributed by atoms with Gasteiger partial charge in [-0.3, -0.25) is 19.3 Å². The molecular formula is C30H33N5O2. The van der Waals surface area contributed by atoms with E-state index < -0.39 is 0 Å². The molecule has 4 aromatic rings. The first-order chi connectivity index (χ1) is 17.9. The van der Waals surface area contributed by atoms with Gasteiger partial charge in [-0.15, -0.1) is 0 Å². The van der Waals surface area contributed by atoms with Crippen molar-refractivity contribution in [2.75, 3.05) is 20.1 Å². The minimum Gasteiger partial charge on any atom is -0.339 e. The summed E-state index contributed by atoms with van der Waals surface area (Å²) < 4.78 is 1.66. The molecule has 37 heavy (non-hydrogen) atoms. The van der Waals surface area contributed by atoms with Gasteiger partial charge in [-0.1, -0.05) is 36.4 Å². The van der Waals surface area contributed by atoms with Crippen LogP contribution in [0, 0.1) is 12.8 Å². The van der Waals surface area contributed by atoms with Crippen molar-refractivity contribution >= 4 is 22.7 Å². The summed E-state index contributed by atoms with van der Waals surface area (Å²) in [5, 5.41) is 5.34. The van der Waals surface area contributed by atoms with E-state index >= 15 is 0 Å². The van der Waals surface area contributed by atoms with Gasteiger partial charge in [0.15, 0.2) is 0 Å². The lowest BCUT2D eigenvalue weighted by Crippen LogP contribution is -2.48. The fourth-order valence-electron chi connectivity index (χ4n) is 5.50. The van der Waals surface area contributed by atoms with Crippen LogP contribution >= 0.6 is 0 Å². The fourth-order valence-corrected chi connectivity index (χ4v) is 5.50. The molecule has 0 spiro atoms. The van der Waals surface area contributed by atoms with Gasteiger partial charge in [0, 0.05) is 50.4 Å². The lowest BCUT2D eigenvalue weighted by molar-refractivity contribution is 0.0516. The van der Waals surface area contributed by atoms with Gasteiger partial charge >= 0.3 is 0 Å². The van der Waals surface area contributed by atoms with Crippen LogP contribution in [0.3, 0.4) is 0 Å². The number of hydrogen-bond donors (Lipinski definition) is 0. The highest BCUT2D eigenvalue weighted by Gasteiger charge is 2.34. The fraction of sp³-hybridized carbons (Fsp3) is 0.333. The summed E-state index contributed by atoms with van der Waals surface area (Å²) in [7, 11) is 3.71. The zero-order chi connectivity index (χ0) is 25.9. The molecule has 1 saturated heterocycles. The second-order valence-electron chi connectivity index (χ2n) is 10.0. The quantitative estimate of drug-likeness (QED) is 0.395. The molecule has 7 nitrogen and oxygen atoms in total. The van der Waals surface area contributed by atoms with Crippen LogP contribution < -0.4 is 0 Å². The van der Waals surface area contributed by atoms with Gasteiger partial charge in [-0.2, -0.15) is 5.10 Å². The minimum absolute atomic E-state index is 0.0210. The zero-order valence-corrected chi connectivity index (χ0v) is 21.7. The predicted molar refractivity (Wildman–Crippen MR) is 144 cm³/mol. The number of rotatable bonds is 6. The summed E-state index contributed by atoms with van der Waals surface area (Å²) in [5.74, 6) is 0.319. The Hall–Kier alpha value is -4.00. The number of carbonyl (C=O) groups is 2. The monoisotopic (exact) mass is 495 g/mol. The molecular weight excluding hydrogens is 462 g/mol. The van der Waals surface area contributed by atoms with Gasteiger partial charge < -0.3 is 9.80 Å². The normalized spacial score (nSPS) is 15.1. The summed E-state index contributed by atoms with van der Waals surface area (Å²) in [6.07, 6.45) is 4.23. The number of likely N-dealkylation sites (N-methyl/N-ethyl adjacent to an activating group) is 1. The number of nitrogens with zero attached hydrogens (tertiary/aromatic N) is 5. The van der Waals surface area contributed by atoms with Crippen molar-refractivity contribution in [3.8, 4) is 0 Å². The highest BCUT2D eigenvalue weighted by Crippen LogP contribution is 2.28. The third-order valence-corrected chi connectivity index (χ3v) is 7.55. The minimum atomic E-state index is -0.0210. The Morgan fingerprint density at radius 2 is 1.78 bits per heavy atom. The molecule has 1 fully saturated rings. The Kier molecular flexibility index (Phi) is 7.04. The van der Waals surface area contributed by atoms with Crippen LogP contribution in [-0.4, -0.2) is 62.6 Å². The molecule has 2 aromatic heterocycles. The van der Waals surface area contributed by atoms with E-state index in [1.54, 1.807) is 10.9 Å². The highest BCUT2D eigenvalue weighted by molar-refractivity contribution is 5.98. The van der Waals surface area contributed by atoms with Crippen molar-refractivity contribution in [3.05, 3.63) is 95.4 Å². The van der Waals surface area contributed by atoms with Gasteiger partial charge in [-0.25, -0.2) is 0 Å². The Bertz CT molecular complexity index is 1410. The number of benzene rings is 2. The van der Waals surface area contributed by atoms with E-state index in [4.69, 9.17) is 0 Å². The SMILES string of the molecule is Cc1cc(C(=O)N(C)C(Cc2ccccc2)C2CCN(C(=O)c3ccc4ncccc4c3)CC2)n(C)n1. The van der Waals surface area contributed by atoms with Crippen molar-refractivity contribution in [2.24, 2.45) is 13.0 Å². The van der Waals surface area contributed by atoms with Crippen LogP contribution in [0.5, 0.6) is 0 Å². The molecule has 1 atom stereocenters. The molecule has 7 heteroatoms.